The molecule has 1 fully saturated rings. The molecule has 3 heterocycles. The molecule has 1 saturated heterocycles. The summed E-state index contributed by atoms with van der Waals surface area (Å²) < 4.78 is 0. The zero-order valence-corrected chi connectivity index (χ0v) is 12.4. The number of rotatable bonds is 1. The zero-order valence-electron chi connectivity index (χ0n) is 10.8. The van der Waals surface area contributed by atoms with E-state index in [1.54, 1.807) is 0 Å². The Morgan fingerprint density at radius 3 is 2.68 bits per heavy atom. The van der Waals surface area contributed by atoms with Gasteiger partial charge < -0.3 is 4.90 Å². The van der Waals surface area contributed by atoms with E-state index < -0.39 is 0 Å². The molecule has 0 unspecified atom stereocenters. The molecule has 0 spiro atoms. The lowest BCUT2D eigenvalue weighted by molar-refractivity contribution is 0.569. The van der Waals surface area contributed by atoms with Crippen LogP contribution in [0.3, 0.4) is 0 Å². The standard InChI is InChI=1S/C14H16ClN3S/c15-12-11-9-5-4-6-10(9)19-13(11)17-14(16-12)18-7-2-1-3-8-18/h1-8H2. The minimum absolute atomic E-state index is 0.657. The van der Waals surface area contributed by atoms with E-state index >= 15 is 0 Å². The van der Waals surface area contributed by atoms with Gasteiger partial charge in [-0.15, -0.1) is 11.3 Å². The molecular weight excluding hydrogens is 278 g/mol. The Kier molecular flexibility index (Phi) is 2.88. The van der Waals surface area contributed by atoms with E-state index in [4.69, 9.17) is 16.6 Å². The topological polar surface area (TPSA) is 29.0 Å². The van der Waals surface area contributed by atoms with Crippen molar-refractivity contribution in [3.8, 4) is 0 Å². The minimum atomic E-state index is 0.657. The summed E-state index contributed by atoms with van der Waals surface area (Å²) >= 11 is 8.25. The van der Waals surface area contributed by atoms with Crippen molar-refractivity contribution in [2.45, 2.75) is 38.5 Å². The number of halogens is 1. The van der Waals surface area contributed by atoms with Crippen LogP contribution in [0.4, 0.5) is 5.95 Å². The number of nitrogens with zero attached hydrogens (tertiary/aromatic N) is 3. The molecule has 0 N–H and O–H groups in total. The average molecular weight is 294 g/mol. The molecule has 2 aromatic heterocycles. The van der Waals surface area contributed by atoms with Gasteiger partial charge in [-0.05, 0) is 44.1 Å². The van der Waals surface area contributed by atoms with E-state index in [2.05, 4.69) is 9.88 Å². The molecule has 100 valence electrons. The van der Waals surface area contributed by atoms with Gasteiger partial charge in [0.15, 0.2) is 0 Å². The Morgan fingerprint density at radius 1 is 1.00 bits per heavy atom. The van der Waals surface area contributed by atoms with E-state index in [1.807, 2.05) is 11.3 Å². The third kappa shape index (κ3) is 1.93. The molecule has 0 saturated carbocycles. The van der Waals surface area contributed by atoms with Crippen molar-refractivity contribution in [2.75, 3.05) is 18.0 Å². The SMILES string of the molecule is Clc1nc(N2CCCCC2)nc2sc3c(c12)CCC3. The highest BCUT2D eigenvalue weighted by molar-refractivity contribution is 7.19. The summed E-state index contributed by atoms with van der Waals surface area (Å²) in [6.45, 7) is 2.12. The molecule has 3 nitrogen and oxygen atoms in total. The van der Waals surface area contributed by atoms with Gasteiger partial charge in [0.25, 0.3) is 0 Å². The van der Waals surface area contributed by atoms with Crippen molar-refractivity contribution >= 4 is 39.1 Å². The molecule has 0 atom stereocenters. The molecular formula is C14H16ClN3S. The second-order valence-corrected chi connectivity index (χ2v) is 6.84. The number of aromatic nitrogens is 2. The summed E-state index contributed by atoms with van der Waals surface area (Å²) in [5.74, 6) is 0.831. The average Bonchev–Trinajstić information content (AvgIpc) is 2.99. The lowest BCUT2D eigenvalue weighted by Crippen LogP contribution is -2.30. The predicted molar refractivity (Wildman–Crippen MR) is 80.5 cm³/mol. The smallest absolute Gasteiger partial charge is 0.228 e. The monoisotopic (exact) mass is 293 g/mol. The van der Waals surface area contributed by atoms with E-state index in [0.717, 1.165) is 35.7 Å². The van der Waals surface area contributed by atoms with Crippen LogP contribution in [0, 0.1) is 0 Å². The van der Waals surface area contributed by atoms with Gasteiger partial charge in [-0.25, -0.2) is 9.97 Å². The third-order valence-corrected chi connectivity index (χ3v) is 5.61. The second kappa shape index (κ2) is 4.60. The number of fused-ring (bicyclic) bond motifs is 3. The van der Waals surface area contributed by atoms with E-state index in [-0.39, 0.29) is 0 Å². The molecule has 19 heavy (non-hydrogen) atoms. The van der Waals surface area contributed by atoms with Gasteiger partial charge in [0.1, 0.15) is 9.98 Å². The molecule has 5 heteroatoms. The molecule has 0 radical (unpaired) electrons. The summed E-state index contributed by atoms with van der Waals surface area (Å²) in [5, 5.41) is 1.78. The highest BCUT2D eigenvalue weighted by atomic mass is 35.5. The van der Waals surface area contributed by atoms with Gasteiger partial charge in [0.05, 0.1) is 5.39 Å². The maximum Gasteiger partial charge on any atom is 0.228 e. The largest absolute Gasteiger partial charge is 0.341 e. The van der Waals surface area contributed by atoms with Crippen LogP contribution in [0.5, 0.6) is 0 Å². The fraction of sp³-hybridized carbons (Fsp3) is 0.571. The molecule has 0 aromatic carbocycles. The highest BCUT2D eigenvalue weighted by Crippen LogP contribution is 2.40. The van der Waals surface area contributed by atoms with E-state index in [1.165, 1.54) is 42.5 Å². The second-order valence-electron chi connectivity index (χ2n) is 5.40. The van der Waals surface area contributed by atoms with Crippen LogP contribution in [0.25, 0.3) is 10.2 Å². The van der Waals surface area contributed by atoms with Crippen LogP contribution in [-0.4, -0.2) is 23.1 Å². The molecule has 0 amide bonds. The number of hydrogen-bond donors (Lipinski definition) is 0. The lowest BCUT2D eigenvalue weighted by atomic mass is 10.1. The maximum absolute atomic E-state index is 6.44. The third-order valence-electron chi connectivity index (χ3n) is 4.15. The first kappa shape index (κ1) is 11.9. The molecule has 4 rings (SSSR count). The Bertz CT molecular complexity index is 631. The summed E-state index contributed by atoms with van der Waals surface area (Å²) in [4.78, 5) is 14.2. The van der Waals surface area contributed by atoms with Crippen molar-refractivity contribution in [3.63, 3.8) is 0 Å². The van der Waals surface area contributed by atoms with Crippen molar-refractivity contribution in [1.82, 2.24) is 9.97 Å². The first-order valence-electron chi connectivity index (χ1n) is 7.05. The van der Waals surface area contributed by atoms with Crippen LogP contribution in [0.2, 0.25) is 5.15 Å². The molecule has 1 aliphatic heterocycles. The zero-order chi connectivity index (χ0) is 12.8. The van der Waals surface area contributed by atoms with Gasteiger partial charge in [0, 0.05) is 18.0 Å². The molecule has 0 bridgehead atoms. The molecule has 2 aromatic rings. The Morgan fingerprint density at radius 2 is 1.84 bits per heavy atom. The summed E-state index contributed by atoms with van der Waals surface area (Å²) in [6, 6.07) is 0. The Labute approximate surface area is 121 Å². The number of anilines is 1. The van der Waals surface area contributed by atoms with Gasteiger partial charge in [-0.3, -0.25) is 0 Å². The first-order valence-corrected chi connectivity index (χ1v) is 8.25. The van der Waals surface area contributed by atoms with Crippen molar-refractivity contribution < 1.29 is 0 Å². The summed E-state index contributed by atoms with van der Waals surface area (Å²) in [7, 11) is 0. The highest BCUT2D eigenvalue weighted by Gasteiger charge is 2.23. The van der Waals surface area contributed by atoms with Gasteiger partial charge in [-0.1, -0.05) is 11.6 Å². The maximum atomic E-state index is 6.44. The number of thiophene rings is 1. The van der Waals surface area contributed by atoms with Gasteiger partial charge in [0.2, 0.25) is 5.95 Å². The number of aryl methyl sites for hydroxylation is 2. The Hall–Kier alpha value is -0.870. The summed E-state index contributed by atoms with van der Waals surface area (Å²) in [6.07, 6.45) is 7.37. The Balaban J connectivity index is 1.82. The fourth-order valence-electron chi connectivity index (χ4n) is 3.18. The predicted octanol–water partition coefficient (Wildman–Crippen LogP) is 3.82. The quantitative estimate of drug-likeness (QED) is 0.749. The molecule has 2 aliphatic rings. The van der Waals surface area contributed by atoms with Gasteiger partial charge >= 0.3 is 0 Å². The minimum Gasteiger partial charge on any atom is -0.341 e. The van der Waals surface area contributed by atoms with E-state index in [9.17, 15) is 0 Å². The number of piperidine rings is 1. The van der Waals surface area contributed by atoms with Crippen molar-refractivity contribution in [3.05, 3.63) is 15.6 Å². The summed E-state index contributed by atoms with van der Waals surface area (Å²) in [5.41, 5.74) is 1.41. The van der Waals surface area contributed by atoms with Gasteiger partial charge in [-0.2, -0.15) is 0 Å². The first-order chi connectivity index (χ1) is 9.33. The fourth-order valence-corrected chi connectivity index (χ4v) is 4.77. The van der Waals surface area contributed by atoms with Crippen LogP contribution in [-0.2, 0) is 12.8 Å². The van der Waals surface area contributed by atoms with Crippen LogP contribution in [0.15, 0.2) is 0 Å². The van der Waals surface area contributed by atoms with E-state index in [0.29, 0.717) is 5.15 Å². The van der Waals surface area contributed by atoms with Crippen molar-refractivity contribution in [2.24, 2.45) is 0 Å². The van der Waals surface area contributed by atoms with Crippen LogP contribution in [0.1, 0.15) is 36.1 Å². The number of hydrogen-bond acceptors (Lipinski definition) is 4. The molecule has 1 aliphatic carbocycles. The lowest BCUT2D eigenvalue weighted by Gasteiger charge is -2.26. The van der Waals surface area contributed by atoms with Crippen LogP contribution < -0.4 is 4.90 Å². The van der Waals surface area contributed by atoms with Crippen LogP contribution >= 0.6 is 22.9 Å². The normalized spacial score (nSPS) is 19.1. The van der Waals surface area contributed by atoms with Crippen molar-refractivity contribution in [1.29, 1.82) is 0 Å².